The van der Waals surface area contributed by atoms with Crippen molar-refractivity contribution in [3.63, 3.8) is 0 Å². The highest BCUT2D eigenvalue weighted by molar-refractivity contribution is 7.89. The molecule has 0 radical (unpaired) electrons. The topological polar surface area (TPSA) is 46.4 Å². The number of ether oxygens (including phenoxy) is 1. The van der Waals surface area contributed by atoms with E-state index in [2.05, 4.69) is 0 Å². The Bertz CT molecular complexity index is 493. The minimum Gasteiger partial charge on any atom is -0.497 e. The summed E-state index contributed by atoms with van der Waals surface area (Å²) in [6.45, 7) is 4.70. The van der Waals surface area contributed by atoms with E-state index in [4.69, 9.17) is 4.74 Å². The van der Waals surface area contributed by atoms with Gasteiger partial charge in [0.2, 0.25) is 10.0 Å². The molecule has 1 heterocycles. The van der Waals surface area contributed by atoms with Crippen LogP contribution in [0.5, 0.6) is 5.75 Å². The highest BCUT2D eigenvalue weighted by Crippen LogP contribution is 2.33. The normalized spacial score (nSPS) is 23.8. The molecule has 1 aliphatic rings. The van der Waals surface area contributed by atoms with Gasteiger partial charge in [-0.2, -0.15) is 4.31 Å². The minimum atomic E-state index is -3.31. The quantitative estimate of drug-likeness (QED) is 0.770. The van der Waals surface area contributed by atoms with Crippen molar-refractivity contribution in [2.75, 3.05) is 13.7 Å². The number of sulfonamides is 1. The number of methoxy groups -OCH3 is 1. The van der Waals surface area contributed by atoms with Crippen molar-refractivity contribution in [2.45, 2.75) is 24.8 Å². The summed E-state index contributed by atoms with van der Waals surface area (Å²) in [6, 6.07) is 6.66. The Morgan fingerprint density at radius 1 is 1.29 bits per heavy atom. The Morgan fingerprint density at radius 2 is 1.88 bits per heavy atom. The molecule has 1 aromatic rings. The molecule has 17 heavy (non-hydrogen) atoms. The summed E-state index contributed by atoms with van der Waals surface area (Å²) in [5, 5.41) is 0. The van der Waals surface area contributed by atoms with Crippen molar-refractivity contribution in [1.82, 2.24) is 4.31 Å². The molecule has 0 bridgehead atoms. The first-order valence-electron chi connectivity index (χ1n) is 5.62. The van der Waals surface area contributed by atoms with Gasteiger partial charge in [-0.25, -0.2) is 8.42 Å². The van der Waals surface area contributed by atoms with Crippen LogP contribution < -0.4 is 4.74 Å². The second-order valence-electron chi connectivity index (χ2n) is 4.56. The Labute approximate surface area is 102 Å². The third-order valence-electron chi connectivity index (χ3n) is 3.04. The van der Waals surface area contributed by atoms with Crippen molar-refractivity contribution >= 4 is 10.0 Å². The molecular formula is C12H17NO3S. The monoisotopic (exact) mass is 255 g/mol. The zero-order valence-corrected chi connectivity index (χ0v) is 11.1. The Morgan fingerprint density at radius 3 is 2.29 bits per heavy atom. The Kier molecular flexibility index (Phi) is 3.14. The predicted molar refractivity (Wildman–Crippen MR) is 65.5 cm³/mol. The van der Waals surface area contributed by atoms with Crippen molar-refractivity contribution < 1.29 is 13.2 Å². The fraction of sp³-hybridized carbons (Fsp3) is 0.500. The third-order valence-corrected chi connectivity index (χ3v) is 4.94. The smallest absolute Gasteiger partial charge is 0.243 e. The molecule has 1 aliphatic heterocycles. The van der Waals surface area contributed by atoms with E-state index in [0.29, 0.717) is 23.1 Å². The lowest BCUT2D eigenvalue weighted by Crippen LogP contribution is -2.16. The van der Waals surface area contributed by atoms with Crippen LogP contribution in [-0.2, 0) is 10.0 Å². The zero-order valence-electron chi connectivity index (χ0n) is 10.3. The first kappa shape index (κ1) is 12.4. The Hall–Kier alpha value is -1.07. The van der Waals surface area contributed by atoms with E-state index in [9.17, 15) is 8.42 Å². The maximum absolute atomic E-state index is 12.2. The zero-order chi connectivity index (χ0) is 12.6. The van der Waals surface area contributed by atoms with Crippen molar-refractivity contribution in [1.29, 1.82) is 0 Å². The van der Waals surface area contributed by atoms with Gasteiger partial charge in [-0.1, -0.05) is 13.8 Å². The summed E-state index contributed by atoms with van der Waals surface area (Å²) < 4.78 is 30.9. The second kappa shape index (κ2) is 4.31. The first-order valence-corrected chi connectivity index (χ1v) is 7.06. The van der Waals surface area contributed by atoms with Gasteiger partial charge in [0.15, 0.2) is 0 Å². The van der Waals surface area contributed by atoms with Gasteiger partial charge in [-0.3, -0.25) is 0 Å². The van der Waals surface area contributed by atoms with E-state index in [0.717, 1.165) is 0 Å². The van der Waals surface area contributed by atoms with Gasteiger partial charge in [0, 0.05) is 12.6 Å². The summed E-state index contributed by atoms with van der Waals surface area (Å²) >= 11 is 0. The molecule has 0 aromatic heterocycles. The van der Waals surface area contributed by atoms with E-state index in [1.54, 1.807) is 35.7 Å². The van der Waals surface area contributed by atoms with Crippen LogP contribution in [-0.4, -0.2) is 32.4 Å². The molecule has 2 rings (SSSR count). The number of hydrogen-bond acceptors (Lipinski definition) is 3. The van der Waals surface area contributed by atoms with Gasteiger partial charge in [-0.05, 0) is 30.2 Å². The van der Waals surface area contributed by atoms with Gasteiger partial charge < -0.3 is 4.74 Å². The average molecular weight is 255 g/mol. The van der Waals surface area contributed by atoms with E-state index in [1.165, 1.54) is 0 Å². The molecule has 0 spiro atoms. The molecule has 94 valence electrons. The van der Waals surface area contributed by atoms with E-state index in [-0.39, 0.29) is 6.04 Å². The molecule has 2 atom stereocenters. The number of hydrogen-bond donors (Lipinski definition) is 0. The molecule has 1 aromatic carbocycles. The number of benzene rings is 1. The molecule has 2 unspecified atom stereocenters. The lowest BCUT2D eigenvalue weighted by molar-refractivity contribution is 0.414. The number of nitrogens with zero attached hydrogens (tertiary/aromatic N) is 1. The van der Waals surface area contributed by atoms with Crippen molar-refractivity contribution in [2.24, 2.45) is 5.92 Å². The third kappa shape index (κ3) is 2.30. The van der Waals surface area contributed by atoms with E-state index >= 15 is 0 Å². The standard InChI is InChI=1S/C12H17NO3S/c1-9(2)12-8-13(12)17(14,15)11-6-4-10(16-3)5-7-11/h4-7,9,12H,8H2,1-3H3. The molecule has 4 nitrogen and oxygen atoms in total. The summed E-state index contributed by atoms with van der Waals surface area (Å²) in [4.78, 5) is 0.335. The molecule has 1 fully saturated rings. The van der Waals surface area contributed by atoms with E-state index < -0.39 is 10.0 Å². The average Bonchev–Trinajstić information content (AvgIpc) is 3.09. The highest BCUT2D eigenvalue weighted by Gasteiger charge is 2.45. The molecule has 0 N–H and O–H groups in total. The summed E-state index contributed by atoms with van der Waals surface area (Å²) in [6.07, 6.45) is 0. The Balaban J connectivity index is 2.21. The maximum atomic E-state index is 12.2. The highest BCUT2D eigenvalue weighted by atomic mass is 32.2. The molecule has 0 saturated carbocycles. The lowest BCUT2D eigenvalue weighted by Gasteiger charge is -2.08. The SMILES string of the molecule is COc1ccc(S(=O)(=O)N2CC2C(C)C)cc1. The van der Waals surface area contributed by atoms with Crippen LogP contribution in [0.1, 0.15) is 13.8 Å². The molecule has 5 heteroatoms. The van der Waals surface area contributed by atoms with Crippen LogP contribution in [0.2, 0.25) is 0 Å². The van der Waals surface area contributed by atoms with Crippen molar-refractivity contribution in [3.05, 3.63) is 24.3 Å². The minimum absolute atomic E-state index is 0.155. The van der Waals surface area contributed by atoms with Gasteiger partial charge >= 0.3 is 0 Å². The molecule has 1 saturated heterocycles. The summed E-state index contributed by atoms with van der Waals surface area (Å²) in [5.41, 5.74) is 0. The van der Waals surface area contributed by atoms with Crippen LogP contribution in [0.4, 0.5) is 0 Å². The molecular weight excluding hydrogens is 238 g/mol. The van der Waals surface area contributed by atoms with Crippen LogP contribution >= 0.6 is 0 Å². The predicted octanol–water partition coefficient (Wildman–Crippen LogP) is 1.72. The summed E-state index contributed by atoms with van der Waals surface area (Å²) in [5.74, 6) is 1.03. The van der Waals surface area contributed by atoms with Crippen molar-refractivity contribution in [3.8, 4) is 5.75 Å². The number of rotatable bonds is 4. The second-order valence-corrected chi connectivity index (χ2v) is 6.45. The van der Waals surface area contributed by atoms with Crippen LogP contribution in [0.3, 0.4) is 0 Å². The van der Waals surface area contributed by atoms with E-state index in [1.807, 2.05) is 13.8 Å². The maximum Gasteiger partial charge on any atom is 0.243 e. The van der Waals surface area contributed by atoms with Crippen LogP contribution in [0.25, 0.3) is 0 Å². The fourth-order valence-electron chi connectivity index (χ4n) is 1.84. The van der Waals surface area contributed by atoms with Gasteiger partial charge in [0.1, 0.15) is 5.75 Å². The molecule has 0 amide bonds. The summed E-state index contributed by atoms with van der Waals surface area (Å²) in [7, 11) is -1.75. The van der Waals surface area contributed by atoms with Gasteiger partial charge in [0.05, 0.1) is 12.0 Å². The molecule has 0 aliphatic carbocycles. The lowest BCUT2D eigenvalue weighted by atomic mass is 10.1. The van der Waals surface area contributed by atoms with Crippen LogP contribution in [0, 0.1) is 5.92 Å². The van der Waals surface area contributed by atoms with Gasteiger partial charge in [-0.15, -0.1) is 0 Å². The largest absolute Gasteiger partial charge is 0.497 e. The van der Waals surface area contributed by atoms with Crippen LogP contribution in [0.15, 0.2) is 29.2 Å². The fourth-order valence-corrected chi connectivity index (χ4v) is 3.54. The first-order chi connectivity index (χ1) is 7.96. The van der Waals surface area contributed by atoms with Gasteiger partial charge in [0.25, 0.3) is 0 Å².